The smallest absolute Gasteiger partial charge is 0.181 e. The van der Waals surface area contributed by atoms with Crippen molar-refractivity contribution in [2.24, 2.45) is 11.7 Å². The van der Waals surface area contributed by atoms with Crippen molar-refractivity contribution in [1.82, 2.24) is 0 Å². The van der Waals surface area contributed by atoms with Gasteiger partial charge in [-0.05, 0) is 37.8 Å². The van der Waals surface area contributed by atoms with Crippen LogP contribution in [-0.2, 0) is 9.84 Å². The van der Waals surface area contributed by atoms with E-state index in [4.69, 9.17) is 5.73 Å². The zero-order chi connectivity index (χ0) is 15.3. The summed E-state index contributed by atoms with van der Waals surface area (Å²) in [5.74, 6) is 0.241. The average Bonchev–Trinajstić information content (AvgIpc) is 2.37. The van der Waals surface area contributed by atoms with Gasteiger partial charge < -0.3 is 10.8 Å². The normalized spacial score (nSPS) is 15.3. The topological polar surface area (TPSA) is 80.4 Å². The summed E-state index contributed by atoms with van der Waals surface area (Å²) in [5.41, 5.74) is 6.43. The van der Waals surface area contributed by atoms with Gasteiger partial charge in [0.25, 0.3) is 0 Å². The molecule has 114 valence electrons. The highest BCUT2D eigenvalue weighted by Gasteiger charge is 2.29. The van der Waals surface area contributed by atoms with E-state index in [1.165, 1.54) is 0 Å². The Labute approximate surface area is 121 Å². The monoisotopic (exact) mass is 299 g/mol. The standard InChI is InChI=1S/C15H25NO3S/c1-11(2)8-15(9-13(17)10-16)20(18,19)14-6-4-12(3)5-7-14/h4-7,11,13,15,17H,8-10,16H2,1-3H3. The fourth-order valence-electron chi connectivity index (χ4n) is 2.20. The van der Waals surface area contributed by atoms with Gasteiger partial charge in [-0.3, -0.25) is 0 Å². The molecule has 0 spiro atoms. The first-order valence-corrected chi connectivity index (χ1v) is 8.50. The first-order chi connectivity index (χ1) is 9.27. The van der Waals surface area contributed by atoms with Gasteiger partial charge in [0, 0.05) is 6.54 Å². The largest absolute Gasteiger partial charge is 0.392 e. The first kappa shape index (κ1) is 17.1. The van der Waals surface area contributed by atoms with E-state index in [0.29, 0.717) is 11.3 Å². The molecule has 20 heavy (non-hydrogen) atoms. The molecular weight excluding hydrogens is 274 g/mol. The third-order valence-electron chi connectivity index (χ3n) is 3.33. The molecular formula is C15H25NO3S. The molecule has 0 saturated carbocycles. The van der Waals surface area contributed by atoms with E-state index in [1.54, 1.807) is 24.3 Å². The lowest BCUT2D eigenvalue weighted by atomic mass is 10.0. The maximum atomic E-state index is 12.7. The van der Waals surface area contributed by atoms with Gasteiger partial charge in [0.1, 0.15) is 0 Å². The molecule has 3 N–H and O–H groups in total. The van der Waals surface area contributed by atoms with Crippen molar-refractivity contribution in [1.29, 1.82) is 0 Å². The molecule has 0 radical (unpaired) electrons. The van der Waals surface area contributed by atoms with Crippen molar-refractivity contribution in [3.05, 3.63) is 29.8 Å². The molecule has 0 saturated heterocycles. The molecule has 1 aromatic rings. The summed E-state index contributed by atoms with van der Waals surface area (Å²) in [4.78, 5) is 0.318. The van der Waals surface area contributed by atoms with Crippen LogP contribution in [0.2, 0.25) is 0 Å². The van der Waals surface area contributed by atoms with Gasteiger partial charge >= 0.3 is 0 Å². The molecule has 2 unspecified atom stereocenters. The summed E-state index contributed by atoms with van der Waals surface area (Å²) in [6, 6.07) is 6.84. The molecule has 0 aliphatic heterocycles. The summed E-state index contributed by atoms with van der Waals surface area (Å²) in [6.45, 7) is 5.96. The predicted molar refractivity (Wildman–Crippen MR) is 81.3 cm³/mol. The summed E-state index contributed by atoms with van der Waals surface area (Å²) >= 11 is 0. The first-order valence-electron chi connectivity index (χ1n) is 6.96. The summed E-state index contributed by atoms with van der Waals surface area (Å²) in [6.07, 6.45) is -0.0722. The number of nitrogens with two attached hydrogens (primary N) is 1. The highest BCUT2D eigenvalue weighted by atomic mass is 32.2. The molecule has 4 nitrogen and oxygen atoms in total. The number of aliphatic hydroxyl groups excluding tert-OH is 1. The van der Waals surface area contributed by atoms with E-state index in [0.717, 1.165) is 5.56 Å². The Morgan fingerprint density at radius 3 is 2.15 bits per heavy atom. The van der Waals surface area contributed by atoms with Crippen LogP contribution in [0.15, 0.2) is 29.2 Å². The maximum absolute atomic E-state index is 12.7. The number of aryl methyl sites for hydroxylation is 1. The second-order valence-electron chi connectivity index (χ2n) is 5.73. The maximum Gasteiger partial charge on any atom is 0.181 e. The van der Waals surface area contributed by atoms with Crippen LogP contribution >= 0.6 is 0 Å². The van der Waals surface area contributed by atoms with Crippen molar-refractivity contribution in [2.45, 2.75) is 49.9 Å². The summed E-state index contributed by atoms with van der Waals surface area (Å²) in [7, 11) is -3.43. The molecule has 0 heterocycles. The zero-order valence-corrected chi connectivity index (χ0v) is 13.2. The minimum atomic E-state index is -3.43. The van der Waals surface area contributed by atoms with Gasteiger partial charge in [-0.25, -0.2) is 8.42 Å². The van der Waals surface area contributed by atoms with E-state index < -0.39 is 21.2 Å². The Balaban J connectivity index is 3.06. The predicted octanol–water partition coefficient (Wildman–Crippen LogP) is 1.89. The Bertz CT molecular complexity index is 508. The fraction of sp³-hybridized carbons (Fsp3) is 0.600. The van der Waals surface area contributed by atoms with Crippen LogP contribution in [0.4, 0.5) is 0 Å². The summed E-state index contributed by atoms with van der Waals surface area (Å²) in [5, 5.41) is 9.11. The Morgan fingerprint density at radius 2 is 1.70 bits per heavy atom. The lowest BCUT2D eigenvalue weighted by Gasteiger charge is -2.22. The molecule has 1 aromatic carbocycles. The number of aliphatic hydroxyl groups is 1. The Kier molecular flexibility index (Phi) is 6.17. The van der Waals surface area contributed by atoms with Crippen LogP contribution in [0, 0.1) is 12.8 Å². The Hall–Kier alpha value is -0.910. The van der Waals surface area contributed by atoms with Gasteiger partial charge in [0.05, 0.1) is 16.2 Å². The molecule has 0 bridgehead atoms. The van der Waals surface area contributed by atoms with Crippen molar-refractivity contribution in [3.8, 4) is 0 Å². The molecule has 0 aliphatic carbocycles. The van der Waals surface area contributed by atoms with E-state index in [-0.39, 0.29) is 18.9 Å². The number of hydrogen-bond donors (Lipinski definition) is 2. The molecule has 2 atom stereocenters. The van der Waals surface area contributed by atoms with Gasteiger partial charge in [-0.15, -0.1) is 0 Å². The van der Waals surface area contributed by atoms with Crippen LogP contribution in [0.1, 0.15) is 32.3 Å². The average molecular weight is 299 g/mol. The van der Waals surface area contributed by atoms with Crippen LogP contribution in [0.5, 0.6) is 0 Å². The number of benzene rings is 1. The van der Waals surface area contributed by atoms with Crippen molar-refractivity contribution < 1.29 is 13.5 Å². The molecule has 0 fully saturated rings. The highest BCUT2D eigenvalue weighted by molar-refractivity contribution is 7.92. The molecule has 0 amide bonds. The number of rotatable bonds is 7. The van der Waals surface area contributed by atoms with E-state index in [2.05, 4.69) is 0 Å². The van der Waals surface area contributed by atoms with Crippen LogP contribution in [0.3, 0.4) is 0 Å². The number of sulfone groups is 1. The fourth-order valence-corrected chi connectivity index (χ4v) is 4.21. The summed E-state index contributed by atoms with van der Waals surface area (Å²) < 4.78 is 25.4. The van der Waals surface area contributed by atoms with Crippen LogP contribution in [0.25, 0.3) is 0 Å². The highest BCUT2D eigenvalue weighted by Crippen LogP contribution is 2.25. The molecule has 5 heteroatoms. The van der Waals surface area contributed by atoms with Crippen molar-refractivity contribution in [3.63, 3.8) is 0 Å². The van der Waals surface area contributed by atoms with E-state index >= 15 is 0 Å². The van der Waals surface area contributed by atoms with Crippen LogP contribution < -0.4 is 5.73 Å². The lowest BCUT2D eigenvalue weighted by molar-refractivity contribution is 0.168. The number of hydrogen-bond acceptors (Lipinski definition) is 4. The van der Waals surface area contributed by atoms with Gasteiger partial charge in [-0.2, -0.15) is 0 Å². The minimum absolute atomic E-state index is 0.0814. The minimum Gasteiger partial charge on any atom is -0.392 e. The Morgan fingerprint density at radius 1 is 1.15 bits per heavy atom. The third kappa shape index (κ3) is 4.58. The van der Waals surface area contributed by atoms with E-state index in [9.17, 15) is 13.5 Å². The molecule has 0 aliphatic rings. The van der Waals surface area contributed by atoms with Gasteiger partial charge in [0.15, 0.2) is 9.84 Å². The third-order valence-corrected chi connectivity index (χ3v) is 5.52. The second-order valence-corrected chi connectivity index (χ2v) is 7.96. The van der Waals surface area contributed by atoms with Gasteiger partial charge in [0.2, 0.25) is 0 Å². The van der Waals surface area contributed by atoms with Gasteiger partial charge in [-0.1, -0.05) is 31.5 Å². The zero-order valence-electron chi connectivity index (χ0n) is 12.4. The quantitative estimate of drug-likeness (QED) is 0.805. The molecule has 0 aromatic heterocycles. The molecule has 1 rings (SSSR count). The SMILES string of the molecule is Cc1ccc(S(=O)(=O)C(CC(C)C)CC(O)CN)cc1. The lowest BCUT2D eigenvalue weighted by Crippen LogP contribution is -2.31. The van der Waals surface area contributed by atoms with Crippen molar-refractivity contribution in [2.75, 3.05) is 6.54 Å². The second kappa shape index (κ2) is 7.20. The van der Waals surface area contributed by atoms with Crippen LogP contribution in [-0.4, -0.2) is 31.4 Å². The van der Waals surface area contributed by atoms with Crippen molar-refractivity contribution >= 4 is 9.84 Å². The van der Waals surface area contributed by atoms with E-state index in [1.807, 2.05) is 20.8 Å².